The lowest BCUT2D eigenvalue weighted by Gasteiger charge is -2.22. The maximum atomic E-state index is 13.3. The van der Waals surface area contributed by atoms with Gasteiger partial charge in [0.05, 0.1) is 37.7 Å². The Kier molecular flexibility index (Phi) is 4.71. The van der Waals surface area contributed by atoms with Gasteiger partial charge in [0, 0.05) is 12.7 Å². The molecule has 1 amide bonds. The molecule has 0 saturated carbocycles. The summed E-state index contributed by atoms with van der Waals surface area (Å²) in [7, 11) is 3.56. The summed E-state index contributed by atoms with van der Waals surface area (Å²) in [5, 5.41) is 4.68. The van der Waals surface area contributed by atoms with Gasteiger partial charge in [0.1, 0.15) is 11.5 Å². The number of hydrogen-bond acceptors (Lipinski definition) is 4. The predicted molar refractivity (Wildman–Crippen MR) is 101 cm³/mol. The summed E-state index contributed by atoms with van der Waals surface area (Å²) in [5.41, 5.74) is 4.08. The highest BCUT2D eigenvalue weighted by Gasteiger charge is 2.26. The molecule has 0 fully saturated rings. The van der Waals surface area contributed by atoms with E-state index >= 15 is 0 Å². The van der Waals surface area contributed by atoms with Gasteiger partial charge in [0.2, 0.25) is 0 Å². The molecule has 1 aliphatic carbocycles. The van der Waals surface area contributed by atoms with E-state index in [1.54, 1.807) is 30.4 Å². The number of aryl methyl sites for hydroxylation is 1. The number of hydrogen-bond donors (Lipinski definition) is 0. The first-order valence-corrected chi connectivity index (χ1v) is 9.15. The van der Waals surface area contributed by atoms with E-state index in [-0.39, 0.29) is 5.91 Å². The number of nitrogens with zero attached hydrogens (tertiary/aromatic N) is 3. The topological polar surface area (TPSA) is 60.5 Å². The highest BCUT2D eigenvalue weighted by molar-refractivity contribution is 5.96. The molecular weight excluding hydrogens is 342 g/mol. The van der Waals surface area contributed by atoms with Crippen molar-refractivity contribution >= 4 is 5.91 Å². The summed E-state index contributed by atoms with van der Waals surface area (Å²) < 4.78 is 12.8. The highest BCUT2D eigenvalue weighted by atomic mass is 16.5. The van der Waals surface area contributed by atoms with Crippen molar-refractivity contribution in [3.05, 3.63) is 70.9 Å². The first kappa shape index (κ1) is 17.4. The lowest BCUT2D eigenvalue weighted by atomic mass is 10.1. The van der Waals surface area contributed by atoms with Crippen molar-refractivity contribution in [2.75, 3.05) is 7.11 Å². The number of ether oxygens (including phenoxy) is 1. The van der Waals surface area contributed by atoms with Gasteiger partial charge in [-0.25, -0.2) is 0 Å². The molecule has 4 rings (SSSR count). The standard InChI is InChI=1S/C21H23N3O3/c1-23-19-10-5-9-16(19)18(22-23)14-24(13-15-7-6-12-27-15)21(25)17-8-3-4-11-20(17)26-2/h3-4,6-8,11-12H,5,9-10,13-14H2,1-2H3. The summed E-state index contributed by atoms with van der Waals surface area (Å²) >= 11 is 0. The van der Waals surface area contributed by atoms with Gasteiger partial charge in [-0.3, -0.25) is 9.48 Å². The Morgan fingerprint density at radius 2 is 2.07 bits per heavy atom. The lowest BCUT2D eigenvalue weighted by Crippen LogP contribution is -2.31. The molecule has 2 heterocycles. The van der Waals surface area contributed by atoms with Crippen LogP contribution in [0.1, 0.15) is 39.5 Å². The third kappa shape index (κ3) is 3.35. The molecule has 0 aliphatic heterocycles. The molecule has 0 saturated heterocycles. The van der Waals surface area contributed by atoms with Gasteiger partial charge < -0.3 is 14.1 Å². The van der Waals surface area contributed by atoms with Crippen LogP contribution in [0.2, 0.25) is 0 Å². The highest BCUT2D eigenvalue weighted by Crippen LogP contribution is 2.27. The normalized spacial score (nSPS) is 12.8. The molecular formula is C21H23N3O3. The monoisotopic (exact) mass is 365 g/mol. The zero-order valence-corrected chi connectivity index (χ0v) is 15.6. The fraction of sp³-hybridized carbons (Fsp3) is 0.333. The maximum Gasteiger partial charge on any atom is 0.258 e. The number of fused-ring (bicyclic) bond motifs is 1. The van der Waals surface area contributed by atoms with Crippen LogP contribution in [-0.4, -0.2) is 27.7 Å². The molecule has 3 aromatic rings. The van der Waals surface area contributed by atoms with E-state index in [9.17, 15) is 4.79 Å². The summed E-state index contributed by atoms with van der Waals surface area (Å²) in [5.74, 6) is 1.21. The van der Waals surface area contributed by atoms with Crippen LogP contribution in [0.4, 0.5) is 0 Å². The van der Waals surface area contributed by atoms with Crippen molar-refractivity contribution in [2.45, 2.75) is 32.4 Å². The molecule has 6 heteroatoms. The minimum atomic E-state index is -0.0961. The van der Waals surface area contributed by atoms with Gasteiger partial charge in [-0.2, -0.15) is 5.10 Å². The van der Waals surface area contributed by atoms with Crippen LogP contribution in [0.5, 0.6) is 5.75 Å². The van der Waals surface area contributed by atoms with Crippen LogP contribution in [0, 0.1) is 0 Å². The van der Waals surface area contributed by atoms with Crippen LogP contribution >= 0.6 is 0 Å². The van der Waals surface area contributed by atoms with E-state index < -0.39 is 0 Å². The Balaban J connectivity index is 1.67. The predicted octanol–water partition coefficient (Wildman–Crippen LogP) is 3.35. The van der Waals surface area contributed by atoms with Crippen LogP contribution in [0.3, 0.4) is 0 Å². The number of rotatable bonds is 6. The SMILES string of the molecule is COc1ccccc1C(=O)N(Cc1ccco1)Cc1nn(C)c2c1CCC2. The average molecular weight is 365 g/mol. The van der Waals surface area contributed by atoms with Gasteiger partial charge in [-0.1, -0.05) is 12.1 Å². The van der Waals surface area contributed by atoms with E-state index in [1.165, 1.54) is 11.3 Å². The molecule has 1 aromatic carbocycles. The lowest BCUT2D eigenvalue weighted by molar-refractivity contribution is 0.0711. The number of furan rings is 1. The first-order valence-electron chi connectivity index (χ1n) is 9.15. The number of para-hydroxylation sites is 1. The van der Waals surface area contributed by atoms with E-state index in [0.717, 1.165) is 30.7 Å². The van der Waals surface area contributed by atoms with Crippen molar-refractivity contribution in [3.63, 3.8) is 0 Å². The molecule has 140 valence electrons. The van der Waals surface area contributed by atoms with E-state index in [2.05, 4.69) is 5.10 Å². The minimum Gasteiger partial charge on any atom is -0.496 e. The van der Waals surface area contributed by atoms with Crippen LogP contribution in [0.25, 0.3) is 0 Å². The van der Waals surface area contributed by atoms with Crippen LogP contribution in [0.15, 0.2) is 47.1 Å². The fourth-order valence-corrected chi connectivity index (χ4v) is 3.79. The third-order valence-corrected chi connectivity index (χ3v) is 5.09. The summed E-state index contributed by atoms with van der Waals surface area (Å²) in [4.78, 5) is 15.1. The molecule has 6 nitrogen and oxygen atoms in total. The number of amides is 1. The molecule has 0 unspecified atom stereocenters. The molecule has 0 N–H and O–H groups in total. The largest absolute Gasteiger partial charge is 0.496 e. The summed E-state index contributed by atoms with van der Waals surface area (Å²) in [6.45, 7) is 0.829. The van der Waals surface area contributed by atoms with E-state index in [1.807, 2.05) is 36.0 Å². The molecule has 0 spiro atoms. The van der Waals surface area contributed by atoms with Crippen molar-refractivity contribution in [1.29, 1.82) is 0 Å². The second-order valence-corrected chi connectivity index (χ2v) is 6.79. The Morgan fingerprint density at radius 1 is 1.22 bits per heavy atom. The quantitative estimate of drug-likeness (QED) is 0.672. The van der Waals surface area contributed by atoms with Crippen molar-refractivity contribution < 1.29 is 13.9 Å². The Bertz CT molecular complexity index is 944. The van der Waals surface area contributed by atoms with Crippen molar-refractivity contribution in [2.24, 2.45) is 7.05 Å². The summed E-state index contributed by atoms with van der Waals surface area (Å²) in [6, 6.07) is 11.0. The van der Waals surface area contributed by atoms with Gasteiger partial charge >= 0.3 is 0 Å². The van der Waals surface area contributed by atoms with Gasteiger partial charge in [0.15, 0.2) is 0 Å². The minimum absolute atomic E-state index is 0.0961. The number of methoxy groups -OCH3 is 1. The number of benzene rings is 1. The summed E-state index contributed by atoms with van der Waals surface area (Å²) in [6.07, 6.45) is 4.85. The maximum absolute atomic E-state index is 13.3. The third-order valence-electron chi connectivity index (χ3n) is 5.09. The zero-order chi connectivity index (χ0) is 18.8. The van der Waals surface area contributed by atoms with Gasteiger partial charge in [0.25, 0.3) is 5.91 Å². The number of carbonyl (C=O) groups is 1. The van der Waals surface area contributed by atoms with Crippen LogP contribution < -0.4 is 4.74 Å². The molecule has 2 aromatic heterocycles. The van der Waals surface area contributed by atoms with Gasteiger partial charge in [-0.05, 0) is 49.1 Å². The van der Waals surface area contributed by atoms with Crippen molar-refractivity contribution in [1.82, 2.24) is 14.7 Å². The second kappa shape index (κ2) is 7.31. The Hall–Kier alpha value is -3.02. The number of carbonyl (C=O) groups excluding carboxylic acids is 1. The zero-order valence-electron chi connectivity index (χ0n) is 15.6. The van der Waals surface area contributed by atoms with Gasteiger partial charge in [-0.15, -0.1) is 0 Å². The van der Waals surface area contributed by atoms with E-state index in [0.29, 0.717) is 24.4 Å². The fourth-order valence-electron chi connectivity index (χ4n) is 3.79. The van der Waals surface area contributed by atoms with Crippen LogP contribution in [-0.2, 0) is 33.0 Å². The van der Waals surface area contributed by atoms with Crippen molar-refractivity contribution in [3.8, 4) is 5.75 Å². The molecule has 27 heavy (non-hydrogen) atoms. The molecule has 0 radical (unpaired) electrons. The Morgan fingerprint density at radius 3 is 2.85 bits per heavy atom. The smallest absolute Gasteiger partial charge is 0.258 e. The first-order chi connectivity index (χ1) is 13.2. The molecule has 0 atom stereocenters. The molecule has 0 bridgehead atoms. The Labute approximate surface area is 158 Å². The second-order valence-electron chi connectivity index (χ2n) is 6.79. The molecule has 1 aliphatic rings. The average Bonchev–Trinajstić information content (AvgIpc) is 3.42. The van der Waals surface area contributed by atoms with E-state index in [4.69, 9.17) is 9.15 Å². The number of aromatic nitrogens is 2.